The number of pyridine rings is 2. The fourth-order valence-corrected chi connectivity index (χ4v) is 2.29. The summed E-state index contributed by atoms with van der Waals surface area (Å²) in [6, 6.07) is 5.48. The second-order valence-electron chi connectivity index (χ2n) is 4.67. The first-order valence-corrected chi connectivity index (χ1v) is 6.38. The van der Waals surface area contributed by atoms with Crippen LogP contribution in [0.15, 0.2) is 41.6 Å². The third-order valence-corrected chi connectivity index (χ3v) is 3.28. The van der Waals surface area contributed by atoms with E-state index in [4.69, 9.17) is 0 Å². The number of nitrogens with one attached hydrogen (secondary N) is 1. The Labute approximate surface area is 118 Å². The minimum absolute atomic E-state index is 0.230. The van der Waals surface area contributed by atoms with Crippen molar-refractivity contribution < 1.29 is 0 Å². The zero-order valence-electron chi connectivity index (χ0n) is 11.1. The van der Waals surface area contributed by atoms with E-state index >= 15 is 0 Å². The Hall–Kier alpha value is -3.09. The zero-order valence-corrected chi connectivity index (χ0v) is 11.1. The summed E-state index contributed by atoms with van der Waals surface area (Å²) in [5.74, 6) is 0.298. The van der Waals surface area contributed by atoms with E-state index in [1.165, 1.54) is 10.9 Å². The molecule has 102 valence electrons. The van der Waals surface area contributed by atoms with E-state index in [1.807, 2.05) is 19.1 Å². The van der Waals surface area contributed by atoms with E-state index in [1.54, 1.807) is 18.5 Å². The lowest BCUT2D eigenvalue weighted by Gasteiger charge is -1.99. The maximum Gasteiger partial charge on any atom is 0.283 e. The number of hydrogen-bond acceptors (Lipinski definition) is 5. The molecule has 0 aromatic carbocycles. The van der Waals surface area contributed by atoms with Crippen molar-refractivity contribution in [1.82, 2.24) is 29.7 Å². The molecule has 1 N–H and O–H groups in total. The highest BCUT2D eigenvalue weighted by Gasteiger charge is 2.13. The van der Waals surface area contributed by atoms with Gasteiger partial charge in [-0.25, -0.2) is 19.9 Å². The normalized spacial score (nSPS) is 11.3. The molecule has 0 aliphatic rings. The fraction of sp³-hybridized carbons (Fsp3) is 0.0714. The van der Waals surface area contributed by atoms with E-state index in [-0.39, 0.29) is 5.56 Å². The number of hydrogen-bond donors (Lipinski definition) is 1. The van der Waals surface area contributed by atoms with Crippen LogP contribution in [0.2, 0.25) is 0 Å². The van der Waals surface area contributed by atoms with Crippen LogP contribution in [0.4, 0.5) is 0 Å². The van der Waals surface area contributed by atoms with Crippen molar-refractivity contribution >= 4 is 21.9 Å². The smallest absolute Gasteiger partial charge is 0.283 e. The molecule has 0 atom stereocenters. The Morgan fingerprint density at radius 1 is 1.10 bits per heavy atom. The molecule has 0 amide bonds. The lowest BCUT2D eigenvalue weighted by Crippen LogP contribution is -2.16. The molecular formula is C14H10N6O. The first-order valence-electron chi connectivity index (χ1n) is 6.38. The predicted octanol–water partition coefficient (Wildman–Crippen LogP) is 1.36. The average Bonchev–Trinajstić information content (AvgIpc) is 2.85. The summed E-state index contributed by atoms with van der Waals surface area (Å²) in [5, 5.41) is 4.32. The Balaban J connectivity index is 2.11. The third-order valence-electron chi connectivity index (χ3n) is 3.28. The quantitative estimate of drug-likeness (QED) is 0.568. The number of aryl methyl sites for hydroxylation is 1. The summed E-state index contributed by atoms with van der Waals surface area (Å²) in [5.41, 5.74) is 1.93. The van der Waals surface area contributed by atoms with Crippen LogP contribution in [0.3, 0.4) is 0 Å². The van der Waals surface area contributed by atoms with E-state index in [9.17, 15) is 4.79 Å². The predicted molar refractivity (Wildman–Crippen MR) is 77.3 cm³/mol. The number of H-pyrrole nitrogens is 1. The highest BCUT2D eigenvalue weighted by atomic mass is 16.1. The van der Waals surface area contributed by atoms with Gasteiger partial charge in [0, 0.05) is 29.7 Å². The molecule has 0 saturated carbocycles. The van der Waals surface area contributed by atoms with Crippen molar-refractivity contribution in [3.05, 3.63) is 52.8 Å². The maximum atomic E-state index is 12.4. The first-order chi connectivity index (χ1) is 10.2. The molecule has 7 heteroatoms. The zero-order chi connectivity index (χ0) is 14.4. The number of aromatic nitrogens is 6. The van der Waals surface area contributed by atoms with Gasteiger partial charge in [0.2, 0.25) is 0 Å². The van der Waals surface area contributed by atoms with Gasteiger partial charge in [0.15, 0.2) is 5.65 Å². The van der Waals surface area contributed by atoms with Gasteiger partial charge in [-0.2, -0.15) is 4.68 Å². The van der Waals surface area contributed by atoms with Crippen molar-refractivity contribution in [2.24, 2.45) is 0 Å². The van der Waals surface area contributed by atoms with E-state index in [0.29, 0.717) is 22.5 Å². The largest absolute Gasteiger partial charge is 0.287 e. The monoisotopic (exact) mass is 278 g/mol. The van der Waals surface area contributed by atoms with Gasteiger partial charge in [0.25, 0.3) is 11.5 Å². The van der Waals surface area contributed by atoms with Crippen molar-refractivity contribution in [3.63, 3.8) is 0 Å². The van der Waals surface area contributed by atoms with Gasteiger partial charge >= 0.3 is 0 Å². The minimum atomic E-state index is -0.230. The summed E-state index contributed by atoms with van der Waals surface area (Å²) in [6.45, 7) is 1.90. The van der Waals surface area contributed by atoms with E-state index in [2.05, 4.69) is 25.0 Å². The van der Waals surface area contributed by atoms with Crippen LogP contribution in [-0.4, -0.2) is 29.7 Å². The van der Waals surface area contributed by atoms with Crippen molar-refractivity contribution in [1.29, 1.82) is 0 Å². The van der Waals surface area contributed by atoms with Crippen LogP contribution in [-0.2, 0) is 0 Å². The van der Waals surface area contributed by atoms with Gasteiger partial charge in [-0.3, -0.25) is 9.89 Å². The van der Waals surface area contributed by atoms with Crippen molar-refractivity contribution in [2.45, 2.75) is 6.92 Å². The van der Waals surface area contributed by atoms with Crippen LogP contribution in [0.5, 0.6) is 0 Å². The fourth-order valence-electron chi connectivity index (χ4n) is 2.29. The molecule has 4 aromatic heterocycles. The topological polar surface area (TPSA) is 89.4 Å². The van der Waals surface area contributed by atoms with Crippen molar-refractivity contribution in [2.75, 3.05) is 0 Å². The second-order valence-corrected chi connectivity index (χ2v) is 4.67. The molecule has 21 heavy (non-hydrogen) atoms. The van der Waals surface area contributed by atoms with Gasteiger partial charge in [-0.1, -0.05) is 0 Å². The number of nitrogens with zero attached hydrogens (tertiary/aromatic N) is 5. The first kappa shape index (κ1) is 11.7. The number of fused-ring (bicyclic) bond motifs is 3. The molecule has 0 aliphatic carbocycles. The van der Waals surface area contributed by atoms with Crippen LogP contribution < -0.4 is 5.56 Å². The van der Waals surface area contributed by atoms with E-state index < -0.39 is 0 Å². The Bertz CT molecular complexity index is 1020. The third kappa shape index (κ3) is 1.71. The molecule has 4 aromatic rings. The molecule has 4 heterocycles. The number of rotatable bonds is 1. The summed E-state index contributed by atoms with van der Waals surface area (Å²) in [4.78, 5) is 29.2. The van der Waals surface area contributed by atoms with Crippen LogP contribution >= 0.6 is 0 Å². The summed E-state index contributed by atoms with van der Waals surface area (Å²) >= 11 is 0. The van der Waals surface area contributed by atoms with Crippen LogP contribution in [0.1, 0.15) is 5.69 Å². The molecule has 0 fully saturated rings. The molecular weight excluding hydrogens is 268 g/mol. The summed E-state index contributed by atoms with van der Waals surface area (Å²) in [7, 11) is 0. The molecule has 4 rings (SSSR count). The lowest BCUT2D eigenvalue weighted by atomic mass is 10.2. The van der Waals surface area contributed by atoms with Gasteiger partial charge < -0.3 is 0 Å². The van der Waals surface area contributed by atoms with E-state index in [0.717, 1.165) is 11.1 Å². The maximum absolute atomic E-state index is 12.4. The summed E-state index contributed by atoms with van der Waals surface area (Å²) in [6.07, 6.45) is 4.70. The van der Waals surface area contributed by atoms with Gasteiger partial charge in [0.1, 0.15) is 0 Å². The molecule has 7 nitrogen and oxygen atoms in total. The highest BCUT2D eigenvalue weighted by molar-refractivity contribution is 6.01. The van der Waals surface area contributed by atoms with Gasteiger partial charge in [-0.05, 0) is 25.1 Å². The highest BCUT2D eigenvalue weighted by Crippen LogP contribution is 2.19. The second kappa shape index (κ2) is 4.20. The Morgan fingerprint density at radius 2 is 1.90 bits per heavy atom. The van der Waals surface area contributed by atoms with Crippen LogP contribution in [0, 0.1) is 6.92 Å². The molecule has 0 bridgehead atoms. The standard InChI is InChI=1S/C14H10N6O/c1-8-3-4-9-11-10(7-17-12(9)18-8)13(21)20(19-11)14-15-5-2-6-16-14/h2-7,19H,1H3. The number of aromatic amines is 1. The summed E-state index contributed by atoms with van der Waals surface area (Å²) < 4.78 is 1.31. The Morgan fingerprint density at radius 3 is 2.71 bits per heavy atom. The molecule has 0 spiro atoms. The molecule has 0 unspecified atom stereocenters. The van der Waals surface area contributed by atoms with Crippen molar-refractivity contribution in [3.8, 4) is 5.95 Å². The molecule has 0 radical (unpaired) electrons. The van der Waals surface area contributed by atoms with Gasteiger partial charge in [0.05, 0.1) is 10.9 Å². The van der Waals surface area contributed by atoms with Gasteiger partial charge in [-0.15, -0.1) is 0 Å². The minimum Gasteiger partial charge on any atom is -0.287 e. The lowest BCUT2D eigenvalue weighted by molar-refractivity contribution is 0.794. The SMILES string of the molecule is Cc1ccc2c(ncc3c(=O)n(-c4ncccn4)[nH]c32)n1. The Kier molecular flexibility index (Phi) is 2.34. The molecule has 0 aliphatic heterocycles. The molecule has 0 saturated heterocycles. The average molecular weight is 278 g/mol. The van der Waals surface area contributed by atoms with Crippen LogP contribution in [0.25, 0.3) is 27.9 Å².